The van der Waals surface area contributed by atoms with Gasteiger partial charge in [-0.3, -0.25) is 0 Å². The van der Waals surface area contributed by atoms with Crippen LogP contribution in [0.15, 0.2) is 12.1 Å². The summed E-state index contributed by atoms with van der Waals surface area (Å²) < 4.78 is 38.9. The first-order chi connectivity index (χ1) is 8.30. The Bertz CT molecular complexity index is 574. The maximum atomic E-state index is 12.7. The quantitative estimate of drug-likeness (QED) is 0.804. The van der Waals surface area contributed by atoms with E-state index in [9.17, 15) is 13.2 Å². The van der Waals surface area contributed by atoms with Gasteiger partial charge in [-0.2, -0.15) is 23.4 Å². The number of nitrogens with zero attached hydrogens (tertiary/aromatic N) is 4. The molecule has 0 unspecified atom stereocenters. The van der Waals surface area contributed by atoms with Crippen LogP contribution in [0.4, 0.5) is 13.2 Å². The first-order valence-electron chi connectivity index (χ1n) is 4.93. The van der Waals surface area contributed by atoms with Gasteiger partial charge in [0.15, 0.2) is 11.5 Å². The second-order valence-electron chi connectivity index (χ2n) is 3.71. The molecule has 8 heteroatoms. The third-order valence-electron chi connectivity index (χ3n) is 2.32. The van der Waals surface area contributed by atoms with Crippen LogP contribution in [-0.4, -0.2) is 20.0 Å². The van der Waals surface area contributed by atoms with Crippen molar-refractivity contribution in [2.75, 3.05) is 0 Å². The first-order valence-corrected chi connectivity index (χ1v) is 5.31. The van der Waals surface area contributed by atoms with Gasteiger partial charge in [-0.25, -0.2) is 4.68 Å². The van der Waals surface area contributed by atoms with E-state index < -0.39 is 11.9 Å². The molecule has 4 nitrogen and oxygen atoms in total. The third kappa shape index (κ3) is 2.17. The number of aromatic nitrogens is 4. The van der Waals surface area contributed by atoms with Crippen LogP contribution in [0.25, 0.3) is 5.82 Å². The maximum absolute atomic E-state index is 12.7. The summed E-state index contributed by atoms with van der Waals surface area (Å²) in [5.74, 6) is 0.143. The number of hydrogen-bond donors (Lipinski definition) is 0. The zero-order chi connectivity index (χ0) is 13.5. The van der Waals surface area contributed by atoms with Crippen molar-refractivity contribution >= 4 is 11.6 Å². The van der Waals surface area contributed by atoms with E-state index in [1.54, 1.807) is 13.0 Å². The summed E-state index contributed by atoms with van der Waals surface area (Å²) in [6, 6.07) is 3.11. The fourth-order valence-electron chi connectivity index (χ4n) is 1.40. The van der Waals surface area contributed by atoms with Gasteiger partial charge in [-0.05, 0) is 26.0 Å². The van der Waals surface area contributed by atoms with Crippen LogP contribution < -0.4 is 0 Å². The summed E-state index contributed by atoms with van der Waals surface area (Å²) in [7, 11) is 0. The molecule has 0 saturated carbocycles. The van der Waals surface area contributed by atoms with Crippen molar-refractivity contribution in [3.8, 4) is 5.82 Å². The van der Waals surface area contributed by atoms with Crippen molar-refractivity contribution in [2.45, 2.75) is 20.0 Å². The predicted molar refractivity (Wildman–Crippen MR) is 58.6 cm³/mol. The molecular formula is C10H8ClF3N4. The van der Waals surface area contributed by atoms with E-state index in [2.05, 4.69) is 15.3 Å². The minimum atomic E-state index is -4.54. The fourth-order valence-corrected chi connectivity index (χ4v) is 1.62. The first kappa shape index (κ1) is 12.8. The lowest BCUT2D eigenvalue weighted by Crippen LogP contribution is -2.09. The van der Waals surface area contributed by atoms with Gasteiger partial charge in [0.25, 0.3) is 0 Å². The van der Waals surface area contributed by atoms with E-state index in [0.29, 0.717) is 5.69 Å². The van der Waals surface area contributed by atoms with Crippen LogP contribution in [0.5, 0.6) is 0 Å². The van der Waals surface area contributed by atoms with E-state index in [0.717, 1.165) is 4.68 Å². The molecule has 0 aliphatic rings. The molecule has 2 aromatic rings. The molecule has 0 aromatic carbocycles. The van der Waals surface area contributed by atoms with Crippen LogP contribution in [-0.2, 0) is 6.18 Å². The molecule has 0 N–H and O–H groups in total. The van der Waals surface area contributed by atoms with Gasteiger partial charge >= 0.3 is 6.18 Å². The van der Waals surface area contributed by atoms with Crippen molar-refractivity contribution < 1.29 is 13.2 Å². The van der Waals surface area contributed by atoms with Crippen LogP contribution in [0, 0.1) is 13.8 Å². The second kappa shape index (κ2) is 4.24. The lowest BCUT2D eigenvalue weighted by molar-refractivity contribution is -0.141. The highest BCUT2D eigenvalue weighted by molar-refractivity contribution is 6.30. The van der Waals surface area contributed by atoms with E-state index in [-0.39, 0.29) is 16.5 Å². The van der Waals surface area contributed by atoms with E-state index >= 15 is 0 Å². The molecule has 0 bridgehead atoms. The van der Waals surface area contributed by atoms with Gasteiger partial charge in [-0.1, -0.05) is 11.6 Å². The summed E-state index contributed by atoms with van der Waals surface area (Å²) in [5, 5.41) is 10.8. The molecule has 2 heterocycles. The molecule has 0 aliphatic carbocycles. The lowest BCUT2D eigenvalue weighted by Gasteiger charge is -2.02. The molecular weight excluding hydrogens is 269 g/mol. The maximum Gasteiger partial charge on any atom is 0.435 e. The number of aryl methyl sites for hydroxylation is 1. The molecule has 0 radical (unpaired) electrons. The summed E-state index contributed by atoms with van der Waals surface area (Å²) in [6.07, 6.45) is -4.54. The Labute approximate surface area is 105 Å². The minimum Gasteiger partial charge on any atom is -0.201 e. The monoisotopic (exact) mass is 276 g/mol. The number of halogens is 4. The smallest absolute Gasteiger partial charge is 0.201 e. The molecule has 96 valence electrons. The topological polar surface area (TPSA) is 43.6 Å². The number of rotatable bonds is 1. The summed E-state index contributed by atoms with van der Waals surface area (Å²) in [4.78, 5) is 0. The Morgan fingerprint density at radius 3 is 2.28 bits per heavy atom. The van der Waals surface area contributed by atoms with Crippen molar-refractivity contribution in [2.24, 2.45) is 0 Å². The van der Waals surface area contributed by atoms with Crippen LogP contribution in [0.2, 0.25) is 5.15 Å². The molecule has 0 atom stereocenters. The highest BCUT2D eigenvalue weighted by atomic mass is 35.5. The molecule has 2 aromatic heterocycles. The van der Waals surface area contributed by atoms with Gasteiger partial charge < -0.3 is 0 Å². The van der Waals surface area contributed by atoms with E-state index in [1.807, 2.05) is 0 Å². The van der Waals surface area contributed by atoms with Crippen LogP contribution in [0.3, 0.4) is 0 Å². The van der Waals surface area contributed by atoms with Crippen molar-refractivity contribution in [1.82, 2.24) is 20.0 Å². The largest absolute Gasteiger partial charge is 0.435 e. The SMILES string of the molecule is Cc1ccc(-n2nc(C(F)(F)F)c(C)c2Cl)nn1. The summed E-state index contributed by atoms with van der Waals surface area (Å²) >= 11 is 5.83. The highest BCUT2D eigenvalue weighted by Crippen LogP contribution is 2.34. The molecule has 0 saturated heterocycles. The molecule has 0 aliphatic heterocycles. The standard InChI is InChI=1S/C10H8ClF3N4/c1-5-3-4-7(16-15-5)18-9(11)6(2)8(17-18)10(12,13)14/h3-4H,1-2H3. The van der Waals surface area contributed by atoms with Crippen LogP contribution >= 0.6 is 11.6 Å². The average molecular weight is 277 g/mol. The Morgan fingerprint density at radius 2 is 1.83 bits per heavy atom. The Balaban J connectivity index is 2.56. The number of alkyl halides is 3. The highest BCUT2D eigenvalue weighted by Gasteiger charge is 2.37. The minimum absolute atomic E-state index is 0.125. The lowest BCUT2D eigenvalue weighted by atomic mass is 10.3. The van der Waals surface area contributed by atoms with Crippen molar-refractivity contribution in [3.63, 3.8) is 0 Å². The van der Waals surface area contributed by atoms with Gasteiger partial charge in [0, 0.05) is 5.56 Å². The summed E-state index contributed by atoms with van der Waals surface area (Å²) in [6.45, 7) is 2.98. The second-order valence-corrected chi connectivity index (χ2v) is 4.06. The van der Waals surface area contributed by atoms with Gasteiger partial charge in [-0.15, -0.1) is 5.10 Å². The molecule has 18 heavy (non-hydrogen) atoms. The Morgan fingerprint density at radius 1 is 1.17 bits per heavy atom. The van der Waals surface area contributed by atoms with Crippen LogP contribution in [0.1, 0.15) is 17.0 Å². The van der Waals surface area contributed by atoms with Gasteiger partial charge in [0.05, 0.1) is 5.69 Å². The Hall–Kier alpha value is -1.63. The van der Waals surface area contributed by atoms with Crippen molar-refractivity contribution in [1.29, 1.82) is 0 Å². The normalized spacial score (nSPS) is 11.9. The Kier molecular flexibility index (Phi) is 3.02. The van der Waals surface area contributed by atoms with E-state index in [4.69, 9.17) is 11.6 Å². The van der Waals surface area contributed by atoms with Gasteiger partial charge in [0.1, 0.15) is 5.15 Å². The predicted octanol–water partition coefficient (Wildman–Crippen LogP) is 2.95. The molecule has 0 amide bonds. The molecule has 2 rings (SSSR count). The number of hydrogen-bond acceptors (Lipinski definition) is 3. The molecule has 0 fully saturated rings. The summed E-state index contributed by atoms with van der Waals surface area (Å²) in [5.41, 5.74) is -0.504. The van der Waals surface area contributed by atoms with Crippen molar-refractivity contribution in [3.05, 3.63) is 34.2 Å². The zero-order valence-electron chi connectivity index (χ0n) is 9.46. The third-order valence-corrected chi connectivity index (χ3v) is 2.76. The fraction of sp³-hybridized carbons (Fsp3) is 0.300. The average Bonchev–Trinajstić information content (AvgIpc) is 2.57. The van der Waals surface area contributed by atoms with E-state index in [1.165, 1.54) is 13.0 Å². The zero-order valence-corrected chi connectivity index (χ0v) is 10.2. The van der Waals surface area contributed by atoms with Gasteiger partial charge in [0.2, 0.25) is 0 Å². The molecule has 0 spiro atoms.